The molecule has 1 rings (SSSR count). The average molecular weight is 313 g/mol. The second-order valence-corrected chi connectivity index (χ2v) is 7.39. The molecule has 0 heterocycles. The summed E-state index contributed by atoms with van der Waals surface area (Å²) in [5.74, 6) is -0.575. The van der Waals surface area contributed by atoms with Crippen LogP contribution in [0.1, 0.15) is 44.7 Å². The van der Waals surface area contributed by atoms with Crippen LogP contribution < -0.4 is 4.72 Å². The van der Waals surface area contributed by atoms with Gasteiger partial charge in [-0.3, -0.25) is 4.79 Å². The number of benzene rings is 1. The molecule has 21 heavy (non-hydrogen) atoms. The van der Waals surface area contributed by atoms with Crippen molar-refractivity contribution in [2.45, 2.75) is 39.2 Å². The number of aliphatic carboxylic acids is 1. The Labute approximate surface area is 126 Å². The van der Waals surface area contributed by atoms with Gasteiger partial charge in [-0.05, 0) is 24.3 Å². The number of rotatable bonds is 9. The summed E-state index contributed by atoms with van der Waals surface area (Å²) in [7, 11) is -3.41. The molecule has 0 saturated carbocycles. The Kier molecular flexibility index (Phi) is 6.84. The van der Waals surface area contributed by atoms with Crippen LogP contribution in [-0.2, 0) is 14.8 Å². The van der Waals surface area contributed by atoms with Crippen LogP contribution in [-0.4, -0.2) is 25.2 Å². The second kappa shape index (κ2) is 8.14. The molecular weight excluding hydrogens is 290 g/mol. The molecule has 0 aliphatic carbocycles. The Balaban J connectivity index is 2.79. The number of nitrogens with one attached hydrogen (secondary N) is 1. The highest BCUT2D eigenvalue weighted by Crippen LogP contribution is 2.20. The lowest BCUT2D eigenvalue weighted by Gasteiger charge is -2.19. The van der Waals surface area contributed by atoms with Gasteiger partial charge in [0, 0.05) is 12.5 Å². The lowest BCUT2D eigenvalue weighted by molar-refractivity contribution is -0.137. The first-order valence-electron chi connectivity index (χ1n) is 7.07. The monoisotopic (exact) mass is 313 g/mol. The first kappa shape index (κ1) is 17.7. The van der Waals surface area contributed by atoms with Gasteiger partial charge in [-0.15, -0.1) is 0 Å². The van der Waals surface area contributed by atoms with E-state index in [0.717, 1.165) is 5.56 Å². The zero-order valence-corrected chi connectivity index (χ0v) is 13.3. The molecule has 0 aromatic heterocycles. The quantitative estimate of drug-likeness (QED) is 0.734. The van der Waals surface area contributed by atoms with E-state index in [1.165, 1.54) is 0 Å². The molecule has 1 aromatic carbocycles. The minimum absolute atomic E-state index is 0.0566. The molecule has 0 fully saturated rings. The van der Waals surface area contributed by atoms with Crippen LogP contribution >= 0.6 is 0 Å². The van der Waals surface area contributed by atoms with E-state index in [-0.39, 0.29) is 18.6 Å². The molecule has 1 atom stereocenters. The summed E-state index contributed by atoms with van der Waals surface area (Å²) >= 11 is 0. The van der Waals surface area contributed by atoms with Gasteiger partial charge in [0.15, 0.2) is 0 Å². The fraction of sp³-hybridized carbons (Fsp3) is 0.533. The van der Waals surface area contributed by atoms with Crippen LogP contribution in [0.2, 0.25) is 0 Å². The highest BCUT2D eigenvalue weighted by Gasteiger charge is 2.20. The maximum atomic E-state index is 12.1. The Morgan fingerprint density at radius 3 is 2.33 bits per heavy atom. The predicted molar refractivity (Wildman–Crippen MR) is 82.4 cm³/mol. The van der Waals surface area contributed by atoms with Crippen LogP contribution in [0.4, 0.5) is 0 Å². The molecule has 0 aliphatic rings. The summed E-state index contributed by atoms with van der Waals surface area (Å²) < 4.78 is 26.8. The first-order valence-corrected chi connectivity index (χ1v) is 8.72. The highest BCUT2D eigenvalue weighted by molar-refractivity contribution is 7.89. The standard InChI is InChI=1S/C15H23NO4S/c1-12(2)10-11-21(19,20)16-14(8-9-15(17)18)13-6-4-3-5-7-13/h3-7,12,14,16H,8-11H2,1-2H3,(H,17,18). The maximum absolute atomic E-state index is 12.1. The number of hydrogen-bond acceptors (Lipinski definition) is 3. The van der Waals surface area contributed by atoms with Gasteiger partial charge >= 0.3 is 5.97 Å². The molecular formula is C15H23NO4S. The first-order chi connectivity index (χ1) is 9.80. The Morgan fingerprint density at radius 2 is 1.81 bits per heavy atom. The fourth-order valence-electron chi connectivity index (χ4n) is 1.91. The van der Waals surface area contributed by atoms with Gasteiger partial charge in [0.25, 0.3) is 0 Å². The number of hydrogen-bond donors (Lipinski definition) is 2. The van der Waals surface area contributed by atoms with E-state index >= 15 is 0 Å². The molecule has 0 saturated heterocycles. The third kappa shape index (κ3) is 7.24. The molecule has 0 spiro atoms. The predicted octanol–water partition coefficient (Wildman–Crippen LogP) is 2.56. The third-order valence-electron chi connectivity index (χ3n) is 3.13. The summed E-state index contributed by atoms with van der Waals surface area (Å²) in [6, 6.07) is 8.57. The van der Waals surface area contributed by atoms with E-state index < -0.39 is 22.0 Å². The third-order valence-corrected chi connectivity index (χ3v) is 4.55. The van der Waals surface area contributed by atoms with E-state index in [9.17, 15) is 13.2 Å². The summed E-state index contributed by atoms with van der Waals surface area (Å²) in [6.07, 6.45) is 0.738. The minimum atomic E-state index is -3.41. The van der Waals surface area contributed by atoms with E-state index in [4.69, 9.17) is 5.11 Å². The van der Waals surface area contributed by atoms with Crippen molar-refractivity contribution in [1.29, 1.82) is 0 Å². The molecule has 2 N–H and O–H groups in total. The van der Waals surface area contributed by atoms with E-state index in [2.05, 4.69) is 4.72 Å². The zero-order valence-electron chi connectivity index (χ0n) is 12.5. The average Bonchev–Trinajstić information content (AvgIpc) is 2.42. The molecule has 6 heteroatoms. The second-order valence-electron chi connectivity index (χ2n) is 5.51. The maximum Gasteiger partial charge on any atom is 0.303 e. The van der Waals surface area contributed by atoms with Gasteiger partial charge in [0.1, 0.15) is 0 Å². The Morgan fingerprint density at radius 1 is 1.19 bits per heavy atom. The van der Waals surface area contributed by atoms with E-state index in [0.29, 0.717) is 12.3 Å². The van der Waals surface area contributed by atoms with Gasteiger partial charge in [-0.1, -0.05) is 44.2 Å². The summed E-state index contributed by atoms with van der Waals surface area (Å²) in [5, 5.41) is 8.81. The van der Waals surface area contributed by atoms with Gasteiger partial charge < -0.3 is 5.11 Å². The topological polar surface area (TPSA) is 83.5 Å². The van der Waals surface area contributed by atoms with Crippen molar-refractivity contribution in [3.63, 3.8) is 0 Å². The molecule has 1 aromatic rings. The molecule has 118 valence electrons. The van der Waals surface area contributed by atoms with Crippen LogP contribution in [0.5, 0.6) is 0 Å². The largest absolute Gasteiger partial charge is 0.481 e. The lowest BCUT2D eigenvalue weighted by Crippen LogP contribution is -2.31. The zero-order chi connectivity index (χ0) is 15.9. The number of carbonyl (C=O) groups is 1. The number of carboxylic acids is 1. The Bertz CT molecular complexity index is 540. The van der Waals surface area contributed by atoms with Gasteiger partial charge in [-0.25, -0.2) is 13.1 Å². The van der Waals surface area contributed by atoms with E-state index in [1.54, 1.807) is 12.1 Å². The number of carboxylic acid groups (broad SMARTS) is 1. The van der Waals surface area contributed by atoms with Gasteiger partial charge in [0.05, 0.1) is 5.75 Å². The Hall–Kier alpha value is -1.40. The van der Waals surface area contributed by atoms with Crippen LogP contribution in [0.25, 0.3) is 0 Å². The normalized spacial score (nSPS) is 13.3. The van der Waals surface area contributed by atoms with Gasteiger partial charge in [0.2, 0.25) is 10.0 Å². The summed E-state index contributed by atoms with van der Waals surface area (Å²) in [5.41, 5.74) is 0.784. The van der Waals surface area contributed by atoms with Crippen molar-refractivity contribution < 1.29 is 18.3 Å². The molecule has 0 bridgehead atoms. The molecule has 0 amide bonds. The van der Waals surface area contributed by atoms with Crippen molar-refractivity contribution >= 4 is 16.0 Å². The van der Waals surface area contributed by atoms with Crippen molar-refractivity contribution in [2.75, 3.05) is 5.75 Å². The lowest BCUT2D eigenvalue weighted by atomic mass is 10.0. The summed E-state index contributed by atoms with van der Waals surface area (Å²) in [6.45, 7) is 3.93. The summed E-state index contributed by atoms with van der Waals surface area (Å²) in [4.78, 5) is 10.7. The molecule has 5 nitrogen and oxygen atoms in total. The van der Waals surface area contributed by atoms with E-state index in [1.807, 2.05) is 32.0 Å². The number of sulfonamides is 1. The van der Waals surface area contributed by atoms with Gasteiger partial charge in [-0.2, -0.15) is 0 Å². The van der Waals surface area contributed by atoms with Crippen molar-refractivity contribution in [1.82, 2.24) is 4.72 Å². The van der Waals surface area contributed by atoms with Crippen molar-refractivity contribution in [2.24, 2.45) is 5.92 Å². The molecule has 1 unspecified atom stereocenters. The van der Waals surface area contributed by atoms with Crippen LogP contribution in [0, 0.1) is 5.92 Å². The highest BCUT2D eigenvalue weighted by atomic mass is 32.2. The van der Waals surface area contributed by atoms with Crippen molar-refractivity contribution in [3.8, 4) is 0 Å². The molecule has 0 radical (unpaired) electrons. The smallest absolute Gasteiger partial charge is 0.303 e. The van der Waals surface area contributed by atoms with Crippen LogP contribution in [0.3, 0.4) is 0 Å². The van der Waals surface area contributed by atoms with Crippen molar-refractivity contribution in [3.05, 3.63) is 35.9 Å². The SMILES string of the molecule is CC(C)CCS(=O)(=O)NC(CCC(=O)O)c1ccccc1. The minimum Gasteiger partial charge on any atom is -0.481 e. The van der Waals surface area contributed by atoms with Crippen LogP contribution in [0.15, 0.2) is 30.3 Å². The fourth-order valence-corrected chi connectivity index (χ4v) is 3.50. The molecule has 0 aliphatic heterocycles.